The normalized spacial score (nSPS) is 21.5. The van der Waals surface area contributed by atoms with E-state index in [1.165, 1.54) is 0 Å². The van der Waals surface area contributed by atoms with Crippen LogP contribution in [0.1, 0.15) is 55.5 Å². The van der Waals surface area contributed by atoms with Crippen LogP contribution in [0.4, 0.5) is 0 Å². The van der Waals surface area contributed by atoms with Crippen LogP contribution in [0.3, 0.4) is 0 Å². The number of hydrogen-bond donors (Lipinski definition) is 4. The number of pyridine rings is 1. The van der Waals surface area contributed by atoms with Crippen LogP contribution in [0.2, 0.25) is 0 Å². The molecule has 3 aromatic rings. The monoisotopic (exact) mass is 631 g/mol. The van der Waals surface area contributed by atoms with Crippen LogP contribution < -0.4 is 10.6 Å². The zero-order chi connectivity index (χ0) is 32.0. The molecule has 2 aliphatic rings. The third-order valence-electron chi connectivity index (χ3n) is 8.70. The highest BCUT2D eigenvalue weighted by molar-refractivity contribution is 5.83. The minimum atomic E-state index is -0.833. The Morgan fingerprint density at radius 2 is 1.72 bits per heavy atom. The van der Waals surface area contributed by atoms with Gasteiger partial charge in [-0.1, -0.05) is 60.7 Å². The van der Waals surface area contributed by atoms with Crippen molar-refractivity contribution in [3.63, 3.8) is 0 Å². The Morgan fingerprint density at radius 1 is 1.00 bits per heavy atom. The summed E-state index contributed by atoms with van der Waals surface area (Å²) in [5, 5.41) is 28.5. The fourth-order valence-corrected chi connectivity index (χ4v) is 6.56. The Morgan fingerprint density at radius 3 is 2.43 bits per heavy atom. The van der Waals surface area contributed by atoms with Crippen molar-refractivity contribution in [3.8, 4) is 0 Å². The molecule has 1 aliphatic heterocycles. The number of carbonyl (C=O) groups excluding carboxylic acids is 2. The summed E-state index contributed by atoms with van der Waals surface area (Å²) in [6.07, 6.45) is 3.26. The molecule has 2 heterocycles. The van der Waals surface area contributed by atoms with Crippen LogP contribution in [0.25, 0.3) is 0 Å². The number of rotatable bonds is 11. The van der Waals surface area contributed by atoms with Crippen LogP contribution in [0.15, 0.2) is 79.1 Å². The maximum atomic E-state index is 13.8. The molecule has 5 atom stereocenters. The second-order valence-electron chi connectivity index (χ2n) is 13.6. The highest BCUT2D eigenvalue weighted by Crippen LogP contribution is 2.32. The summed E-state index contributed by atoms with van der Waals surface area (Å²) >= 11 is 0. The zero-order valence-electron chi connectivity index (χ0n) is 27.1. The van der Waals surface area contributed by atoms with Crippen molar-refractivity contribution >= 4 is 11.8 Å². The first-order valence-electron chi connectivity index (χ1n) is 16.0. The molecule has 46 heavy (non-hydrogen) atoms. The summed E-state index contributed by atoms with van der Waals surface area (Å²) in [6, 6.07) is 20.6. The van der Waals surface area contributed by atoms with Gasteiger partial charge in [0.15, 0.2) is 0 Å². The van der Waals surface area contributed by atoms with Gasteiger partial charge in [0.1, 0.15) is 6.04 Å². The summed E-state index contributed by atoms with van der Waals surface area (Å²) in [4.78, 5) is 35.9. The Bertz CT molecular complexity index is 1420. The first-order valence-corrected chi connectivity index (χ1v) is 16.0. The van der Waals surface area contributed by atoms with Crippen LogP contribution in [0.5, 0.6) is 0 Å². The summed E-state index contributed by atoms with van der Waals surface area (Å²) in [5.74, 6) is -0.781. The Labute approximate surface area is 272 Å². The van der Waals surface area contributed by atoms with Gasteiger partial charge >= 0.3 is 0 Å². The molecule has 2 amide bonds. The van der Waals surface area contributed by atoms with Crippen molar-refractivity contribution in [1.29, 1.82) is 0 Å². The number of amides is 2. The summed E-state index contributed by atoms with van der Waals surface area (Å²) < 4.78 is 0. The Hall–Kier alpha value is -3.67. The van der Waals surface area contributed by atoms with Crippen LogP contribution in [-0.2, 0) is 29.0 Å². The van der Waals surface area contributed by atoms with E-state index >= 15 is 0 Å². The van der Waals surface area contributed by atoms with Gasteiger partial charge in [-0.15, -0.1) is 0 Å². The Kier molecular flexibility index (Phi) is 12.0. The quantitative estimate of drug-likeness (QED) is 0.253. The topological polar surface area (TPSA) is 150 Å². The fraction of sp³-hybridized carbons (Fsp3) is 0.472. The van der Waals surface area contributed by atoms with Gasteiger partial charge in [-0.05, 0) is 61.9 Å². The fourth-order valence-electron chi connectivity index (χ4n) is 6.56. The molecule has 1 unspecified atom stereocenters. The molecule has 1 saturated heterocycles. The molecule has 1 aliphatic carbocycles. The van der Waals surface area contributed by atoms with Crippen molar-refractivity contribution in [2.75, 3.05) is 26.2 Å². The number of fused-ring (bicyclic) bond motifs is 1. The van der Waals surface area contributed by atoms with Crippen molar-refractivity contribution in [1.82, 2.24) is 25.4 Å². The first kappa shape index (κ1) is 35.2. The van der Waals surface area contributed by atoms with Crippen LogP contribution in [-0.4, -0.2) is 92.3 Å². The average molecular weight is 632 g/mol. The number of aromatic nitrogens is 1. The highest BCUT2D eigenvalue weighted by Gasteiger charge is 2.37. The molecule has 1 aromatic heterocycles. The number of carbonyl (C=O) groups is 2. The van der Waals surface area contributed by atoms with Crippen LogP contribution in [0, 0.1) is 5.92 Å². The van der Waals surface area contributed by atoms with E-state index < -0.39 is 35.7 Å². The molecule has 1 fully saturated rings. The number of piperazine rings is 1. The van der Waals surface area contributed by atoms with Gasteiger partial charge < -0.3 is 26.3 Å². The minimum absolute atomic E-state index is 0. The SMILES string of the molecule is CC(C)(C)NC(=O)C1CN(Cc2cccnc2)CCN1C[C@@H](O)C[C@@H](Cc1ccccc1)C(=O)N[C@@H]1c2ccccc2C[C@@H]1O.O. The molecule has 0 saturated carbocycles. The van der Waals surface area contributed by atoms with Crippen molar-refractivity contribution in [2.24, 2.45) is 5.92 Å². The molecule has 10 heteroatoms. The number of nitrogens with zero attached hydrogens (tertiary/aromatic N) is 3. The van der Waals surface area contributed by atoms with E-state index in [-0.39, 0.29) is 30.3 Å². The summed E-state index contributed by atoms with van der Waals surface area (Å²) in [6.45, 7) is 8.74. The maximum absolute atomic E-state index is 13.8. The van der Waals surface area contributed by atoms with Crippen LogP contribution >= 0.6 is 0 Å². The van der Waals surface area contributed by atoms with Gasteiger partial charge in [-0.25, -0.2) is 0 Å². The van der Waals surface area contributed by atoms with E-state index in [1.54, 1.807) is 6.20 Å². The maximum Gasteiger partial charge on any atom is 0.239 e. The molecular weight excluding hydrogens is 582 g/mol. The lowest BCUT2D eigenvalue weighted by Gasteiger charge is -2.42. The number of β-amino-alcohol motifs (C(OH)–C–C–N with tert-alkyl or cyclic N) is 1. The molecule has 2 aromatic carbocycles. The van der Waals surface area contributed by atoms with Gasteiger partial charge in [0, 0.05) is 63.0 Å². The number of nitrogens with one attached hydrogen (secondary N) is 2. The van der Waals surface area contributed by atoms with E-state index in [2.05, 4.69) is 25.4 Å². The van der Waals surface area contributed by atoms with E-state index in [4.69, 9.17) is 0 Å². The lowest BCUT2D eigenvalue weighted by Crippen LogP contribution is -2.61. The third-order valence-corrected chi connectivity index (χ3v) is 8.70. The largest absolute Gasteiger partial charge is 0.412 e. The number of hydrogen-bond acceptors (Lipinski definition) is 7. The van der Waals surface area contributed by atoms with Crippen molar-refractivity contribution < 1.29 is 25.3 Å². The molecule has 0 spiro atoms. The number of benzene rings is 2. The predicted octanol–water partition coefficient (Wildman–Crippen LogP) is 2.04. The van der Waals surface area contributed by atoms with Crippen molar-refractivity contribution in [2.45, 2.75) is 76.4 Å². The average Bonchev–Trinajstić information content (AvgIpc) is 3.32. The molecule has 248 valence electrons. The van der Waals surface area contributed by atoms with E-state index in [0.717, 1.165) is 28.8 Å². The molecular formula is C36H49N5O5. The van der Waals surface area contributed by atoms with Gasteiger partial charge in [-0.2, -0.15) is 0 Å². The van der Waals surface area contributed by atoms with Gasteiger partial charge in [-0.3, -0.25) is 24.4 Å². The number of aliphatic hydroxyl groups is 2. The van der Waals surface area contributed by atoms with Gasteiger partial charge in [0.05, 0.1) is 18.2 Å². The lowest BCUT2D eigenvalue weighted by molar-refractivity contribution is -0.132. The minimum Gasteiger partial charge on any atom is -0.412 e. The second-order valence-corrected chi connectivity index (χ2v) is 13.6. The zero-order valence-corrected chi connectivity index (χ0v) is 27.1. The molecule has 10 nitrogen and oxygen atoms in total. The highest BCUT2D eigenvalue weighted by atomic mass is 16.3. The smallest absolute Gasteiger partial charge is 0.239 e. The third kappa shape index (κ3) is 9.43. The van der Waals surface area contributed by atoms with E-state index in [0.29, 0.717) is 32.5 Å². The van der Waals surface area contributed by atoms with Crippen molar-refractivity contribution in [3.05, 3.63) is 101 Å². The van der Waals surface area contributed by atoms with E-state index in [1.807, 2.05) is 93.7 Å². The molecule has 0 radical (unpaired) electrons. The van der Waals surface area contributed by atoms with Gasteiger partial charge in [0.2, 0.25) is 11.8 Å². The number of aliphatic hydroxyl groups excluding tert-OH is 2. The molecule has 0 bridgehead atoms. The Balaban J connectivity index is 0.00000480. The summed E-state index contributed by atoms with van der Waals surface area (Å²) in [5.41, 5.74) is 3.68. The second kappa shape index (κ2) is 15.8. The van der Waals surface area contributed by atoms with E-state index in [9.17, 15) is 19.8 Å². The lowest BCUT2D eigenvalue weighted by atomic mass is 9.91. The predicted molar refractivity (Wildman–Crippen MR) is 178 cm³/mol. The standard InChI is InChI=1S/C36H47N5O4.H2O/c1-36(2,3)39-35(45)31-24-40(22-26-12-9-15-37-21-26)16-17-41(31)23-29(42)19-28(18-25-10-5-4-6-11-25)34(44)38-33-30-14-8-7-13-27(30)20-32(33)43;/h4-15,21,28-29,31-33,42-43H,16-20,22-24H2,1-3H3,(H,38,44)(H,39,45);1H2/t28-,29+,31?,32+,33-;/m1./s1. The molecule has 5 rings (SSSR count). The molecule has 6 N–H and O–H groups in total. The first-order chi connectivity index (χ1) is 21.6. The summed E-state index contributed by atoms with van der Waals surface area (Å²) in [7, 11) is 0. The van der Waals surface area contributed by atoms with Gasteiger partial charge in [0.25, 0.3) is 0 Å².